The summed E-state index contributed by atoms with van der Waals surface area (Å²) in [7, 11) is 0. The topological polar surface area (TPSA) is 32.9 Å². The van der Waals surface area contributed by atoms with Gasteiger partial charge in [0.05, 0.1) is 0 Å². The van der Waals surface area contributed by atoms with Crippen LogP contribution in [-0.4, -0.2) is 10.8 Å². The minimum absolute atomic E-state index is 0.00933. The molecule has 0 spiro atoms. The molecule has 0 aliphatic rings. The highest BCUT2D eigenvalue weighted by atomic mass is 35.5. The van der Waals surface area contributed by atoms with Crippen molar-refractivity contribution < 1.29 is 4.79 Å². The van der Waals surface area contributed by atoms with E-state index in [9.17, 15) is 4.79 Å². The number of rotatable bonds is 5. The van der Waals surface area contributed by atoms with Crippen molar-refractivity contribution in [3.8, 4) is 0 Å². The van der Waals surface area contributed by atoms with Crippen LogP contribution in [0.1, 0.15) is 39.4 Å². The van der Waals surface area contributed by atoms with Crippen molar-refractivity contribution >= 4 is 28.3 Å². The predicted octanol–water partition coefficient (Wildman–Crippen LogP) is 6.53. The Hall–Kier alpha value is -2.84. The lowest BCUT2D eigenvalue weighted by atomic mass is 9.85. The van der Waals surface area contributed by atoms with E-state index in [2.05, 4.69) is 48.3 Å². The molecule has 1 N–H and O–H groups in total. The molecule has 2 nitrogen and oxygen atoms in total. The van der Waals surface area contributed by atoms with Crippen molar-refractivity contribution in [2.24, 2.45) is 0 Å². The molecule has 0 radical (unpaired) electrons. The van der Waals surface area contributed by atoms with Crippen LogP contribution in [0.5, 0.6) is 0 Å². The van der Waals surface area contributed by atoms with E-state index in [4.69, 9.17) is 11.6 Å². The van der Waals surface area contributed by atoms with Gasteiger partial charge in [-0.05, 0) is 48.4 Å². The van der Waals surface area contributed by atoms with E-state index < -0.39 is 0 Å². The molecule has 1 atom stereocenters. The fourth-order valence-corrected chi connectivity index (χ4v) is 3.65. The van der Waals surface area contributed by atoms with Gasteiger partial charge in [0.15, 0.2) is 5.78 Å². The van der Waals surface area contributed by atoms with Crippen LogP contribution in [-0.2, 0) is 0 Å². The average molecular weight is 374 g/mol. The number of aromatic nitrogens is 1. The lowest BCUT2D eigenvalue weighted by molar-refractivity contribution is 0.0978. The molecule has 1 aromatic heterocycles. The first-order chi connectivity index (χ1) is 13.1. The van der Waals surface area contributed by atoms with Crippen LogP contribution in [0, 0.1) is 6.92 Å². The van der Waals surface area contributed by atoms with Crippen molar-refractivity contribution in [1.82, 2.24) is 4.98 Å². The SMILES string of the molecule is Cc1ccc(C(CC(=O)c2ccc(Cl)cc2)c2c[nH]c3ccccc23)cc1. The van der Waals surface area contributed by atoms with Gasteiger partial charge in [0.25, 0.3) is 0 Å². The number of nitrogens with one attached hydrogen (secondary N) is 1. The first-order valence-corrected chi connectivity index (χ1v) is 9.41. The predicted molar refractivity (Wildman–Crippen MR) is 112 cm³/mol. The molecule has 1 unspecified atom stereocenters. The fourth-order valence-electron chi connectivity index (χ4n) is 3.53. The van der Waals surface area contributed by atoms with Gasteiger partial charge in [-0.3, -0.25) is 4.79 Å². The quantitative estimate of drug-likeness (QED) is 0.396. The second kappa shape index (κ2) is 7.42. The lowest BCUT2D eigenvalue weighted by Gasteiger charge is -2.17. The zero-order chi connectivity index (χ0) is 18.8. The summed E-state index contributed by atoms with van der Waals surface area (Å²) in [5.41, 5.74) is 5.28. The average Bonchev–Trinajstić information content (AvgIpc) is 3.11. The number of halogens is 1. The summed E-state index contributed by atoms with van der Waals surface area (Å²) >= 11 is 5.96. The number of fused-ring (bicyclic) bond motifs is 1. The van der Waals surface area contributed by atoms with Crippen LogP contribution in [0.25, 0.3) is 10.9 Å². The highest BCUT2D eigenvalue weighted by Gasteiger charge is 2.22. The smallest absolute Gasteiger partial charge is 0.163 e. The van der Waals surface area contributed by atoms with Gasteiger partial charge in [0.1, 0.15) is 0 Å². The minimum Gasteiger partial charge on any atom is -0.361 e. The molecule has 0 fully saturated rings. The largest absolute Gasteiger partial charge is 0.361 e. The Kier molecular flexibility index (Phi) is 4.83. The number of hydrogen-bond acceptors (Lipinski definition) is 1. The zero-order valence-electron chi connectivity index (χ0n) is 15.1. The number of ketones is 1. The van der Waals surface area contributed by atoms with Crippen LogP contribution in [0.4, 0.5) is 0 Å². The summed E-state index contributed by atoms with van der Waals surface area (Å²) in [5, 5.41) is 1.80. The van der Waals surface area contributed by atoms with Gasteiger partial charge < -0.3 is 4.98 Å². The number of para-hydroxylation sites is 1. The van der Waals surface area contributed by atoms with E-state index in [-0.39, 0.29) is 11.7 Å². The number of aryl methyl sites for hydroxylation is 1. The van der Waals surface area contributed by atoms with Crippen molar-refractivity contribution in [2.75, 3.05) is 0 Å². The number of hydrogen-bond donors (Lipinski definition) is 1. The second-order valence-electron chi connectivity index (χ2n) is 6.89. The molecule has 0 aliphatic heterocycles. The van der Waals surface area contributed by atoms with Gasteiger partial charge in [-0.25, -0.2) is 0 Å². The maximum absolute atomic E-state index is 13.0. The first-order valence-electron chi connectivity index (χ1n) is 9.03. The molecule has 3 heteroatoms. The molecule has 1 heterocycles. The third-order valence-electron chi connectivity index (χ3n) is 5.03. The summed E-state index contributed by atoms with van der Waals surface area (Å²) in [4.78, 5) is 16.3. The molecular formula is C24H20ClNO. The minimum atomic E-state index is -0.00933. The van der Waals surface area contributed by atoms with E-state index in [1.807, 2.05) is 18.3 Å². The Labute approximate surface area is 163 Å². The maximum Gasteiger partial charge on any atom is 0.163 e. The van der Waals surface area contributed by atoms with Crippen LogP contribution in [0.3, 0.4) is 0 Å². The van der Waals surface area contributed by atoms with E-state index in [0.29, 0.717) is 17.0 Å². The fraction of sp³-hybridized carbons (Fsp3) is 0.125. The molecule has 4 rings (SSSR count). The van der Waals surface area contributed by atoms with Gasteiger partial charge in [0, 0.05) is 40.0 Å². The number of Topliss-reactive ketones (excluding diaryl/α,β-unsaturated/α-hetero) is 1. The van der Waals surface area contributed by atoms with Gasteiger partial charge in [-0.2, -0.15) is 0 Å². The van der Waals surface area contributed by atoms with Crippen molar-refractivity contribution in [2.45, 2.75) is 19.3 Å². The Morgan fingerprint density at radius 3 is 2.41 bits per heavy atom. The van der Waals surface area contributed by atoms with Gasteiger partial charge in [0.2, 0.25) is 0 Å². The first kappa shape index (κ1) is 17.6. The standard InChI is InChI=1S/C24H20ClNO/c1-16-6-8-17(9-7-16)21(14-24(27)18-10-12-19(25)13-11-18)22-15-26-23-5-3-2-4-20(22)23/h2-13,15,21,26H,14H2,1H3. The number of H-pyrrole nitrogens is 1. The number of benzene rings is 3. The molecule has 0 saturated heterocycles. The summed E-state index contributed by atoms with van der Waals surface area (Å²) in [6.07, 6.45) is 2.44. The van der Waals surface area contributed by atoms with Crippen LogP contribution < -0.4 is 0 Å². The normalized spacial score (nSPS) is 12.2. The summed E-state index contributed by atoms with van der Waals surface area (Å²) in [6, 6.07) is 23.8. The van der Waals surface area contributed by atoms with Gasteiger partial charge >= 0.3 is 0 Å². The summed E-state index contributed by atoms with van der Waals surface area (Å²) in [6.45, 7) is 2.07. The Bertz CT molecular complexity index is 1080. The van der Waals surface area contributed by atoms with Crippen LogP contribution in [0.15, 0.2) is 79.0 Å². The molecule has 0 amide bonds. The van der Waals surface area contributed by atoms with Crippen molar-refractivity contribution in [3.63, 3.8) is 0 Å². The molecule has 0 bridgehead atoms. The molecule has 134 valence electrons. The Morgan fingerprint density at radius 1 is 0.963 bits per heavy atom. The van der Waals surface area contributed by atoms with Crippen molar-refractivity contribution in [1.29, 1.82) is 0 Å². The molecule has 3 aromatic carbocycles. The number of carbonyl (C=O) groups excluding carboxylic acids is 1. The molecule has 4 aromatic rings. The van der Waals surface area contributed by atoms with Crippen LogP contribution in [0.2, 0.25) is 5.02 Å². The summed E-state index contributed by atoms with van der Waals surface area (Å²) < 4.78 is 0. The zero-order valence-corrected chi connectivity index (χ0v) is 15.8. The maximum atomic E-state index is 13.0. The van der Waals surface area contributed by atoms with E-state index in [0.717, 1.165) is 22.0 Å². The summed E-state index contributed by atoms with van der Waals surface area (Å²) in [5.74, 6) is 0.104. The Balaban J connectivity index is 1.75. The van der Waals surface area contributed by atoms with Crippen LogP contribution >= 0.6 is 11.6 Å². The third kappa shape index (κ3) is 3.67. The number of carbonyl (C=O) groups is 1. The second-order valence-corrected chi connectivity index (χ2v) is 7.32. The lowest BCUT2D eigenvalue weighted by Crippen LogP contribution is -2.09. The van der Waals surface area contributed by atoms with Crippen molar-refractivity contribution in [3.05, 3.63) is 106 Å². The molecule has 0 aliphatic carbocycles. The van der Waals surface area contributed by atoms with E-state index >= 15 is 0 Å². The molecule has 0 saturated carbocycles. The molecule has 27 heavy (non-hydrogen) atoms. The highest BCUT2D eigenvalue weighted by Crippen LogP contribution is 2.34. The van der Waals surface area contributed by atoms with Gasteiger partial charge in [-0.15, -0.1) is 0 Å². The van der Waals surface area contributed by atoms with E-state index in [1.165, 1.54) is 5.56 Å². The van der Waals surface area contributed by atoms with E-state index in [1.54, 1.807) is 24.3 Å². The monoisotopic (exact) mass is 373 g/mol. The Morgan fingerprint density at radius 2 is 1.67 bits per heavy atom. The molecular weight excluding hydrogens is 354 g/mol. The highest BCUT2D eigenvalue weighted by molar-refractivity contribution is 6.30. The van der Waals surface area contributed by atoms with Gasteiger partial charge in [-0.1, -0.05) is 59.6 Å². The third-order valence-corrected chi connectivity index (χ3v) is 5.28. The number of aromatic amines is 1.